The van der Waals surface area contributed by atoms with Gasteiger partial charge in [0.2, 0.25) is 5.91 Å². The number of aliphatic hydroxyl groups is 1. The zero-order valence-electron chi connectivity index (χ0n) is 52.1. The molecule has 3 unspecified atom stereocenters. The van der Waals surface area contributed by atoms with Crippen LogP contribution in [0.25, 0.3) is 0 Å². The van der Waals surface area contributed by atoms with Crippen LogP contribution in [0.3, 0.4) is 0 Å². The highest BCUT2D eigenvalue weighted by Gasteiger charge is 2.23. The number of amides is 1. The number of phosphoric ester groups is 1. The molecule has 3 atom stereocenters. The molecule has 0 aliphatic carbocycles. The number of unbranched alkanes of at least 4 members (excludes halogenated alkanes) is 38. The van der Waals surface area contributed by atoms with E-state index in [1.807, 2.05) is 27.2 Å². The first-order valence-corrected chi connectivity index (χ1v) is 34.8. The van der Waals surface area contributed by atoms with Crippen molar-refractivity contribution in [3.8, 4) is 0 Å². The van der Waals surface area contributed by atoms with E-state index < -0.39 is 26.6 Å². The molecule has 0 fully saturated rings. The minimum absolute atomic E-state index is 0.0100. The second kappa shape index (κ2) is 59.6. The molecule has 78 heavy (non-hydrogen) atoms. The van der Waals surface area contributed by atoms with Crippen molar-refractivity contribution in [3.05, 3.63) is 72.9 Å². The number of carbonyl (C=O) groups is 1. The van der Waals surface area contributed by atoms with Crippen LogP contribution in [0.1, 0.15) is 309 Å². The van der Waals surface area contributed by atoms with Gasteiger partial charge >= 0.3 is 0 Å². The Morgan fingerprint density at radius 3 is 1.13 bits per heavy atom. The summed E-state index contributed by atoms with van der Waals surface area (Å²) in [6, 6.07) is -0.913. The summed E-state index contributed by atoms with van der Waals surface area (Å²) in [4.78, 5) is 25.6. The SMILES string of the molecule is CCCCCCC/C=C\C/C=C\C/C=C\CCCCCCCCCCCCCCCCCCCCC(=O)NC(COP(=O)([O-])OCC[N+](C)(C)C)C(O)/C=C/CC/C=C/CC/C=C/CCCCCCCCCCCCCCC. The largest absolute Gasteiger partial charge is 0.756 e. The Morgan fingerprint density at radius 1 is 0.449 bits per heavy atom. The van der Waals surface area contributed by atoms with Gasteiger partial charge < -0.3 is 28.8 Å². The molecule has 0 radical (unpaired) electrons. The van der Waals surface area contributed by atoms with Crippen LogP contribution in [0, 0.1) is 0 Å². The Hall–Kier alpha value is -2.06. The van der Waals surface area contributed by atoms with E-state index >= 15 is 0 Å². The smallest absolute Gasteiger partial charge is 0.268 e. The van der Waals surface area contributed by atoms with Crippen LogP contribution in [0.4, 0.5) is 0 Å². The lowest BCUT2D eigenvalue weighted by Crippen LogP contribution is -2.45. The monoisotopic (exact) mass is 1110 g/mol. The van der Waals surface area contributed by atoms with Gasteiger partial charge in [-0.1, -0.05) is 292 Å². The van der Waals surface area contributed by atoms with Crippen molar-refractivity contribution in [1.82, 2.24) is 5.32 Å². The molecular formula is C69H129N2O6P. The molecule has 8 nitrogen and oxygen atoms in total. The summed E-state index contributed by atoms with van der Waals surface area (Å²) >= 11 is 0. The Morgan fingerprint density at radius 2 is 0.756 bits per heavy atom. The van der Waals surface area contributed by atoms with E-state index in [1.165, 1.54) is 231 Å². The summed E-state index contributed by atoms with van der Waals surface area (Å²) in [5, 5.41) is 13.9. The van der Waals surface area contributed by atoms with Gasteiger partial charge in [-0.15, -0.1) is 0 Å². The van der Waals surface area contributed by atoms with E-state index in [-0.39, 0.29) is 12.5 Å². The molecule has 0 aliphatic rings. The molecule has 0 heterocycles. The normalized spacial score (nSPS) is 14.2. The molecule has 0 saturated heterocycles. The molecule has 0 aromatic carbocycles. The van der Waals surface area contributed by atoms with E-state index in [1.54, 1.807) is 6.08 Å². The number of nitrogens with zero attached hydrogens (tertiary/aromatic N) is 1. The number of hydrogen-bond donors (Lipinski definition) is 2. The number of phosphoric acid groups is 1. The zero-order valence-corrected chi connectivity index (χ0v) is 53.0. The summed E-state index contributed by atoms with van der Waals surface area (Å²) in [5.41, 5.74) is 0. The molecule has 0 spiro atoms. The molecule has 2 N–H and O–H groups in total. The second-order valence-corrected chi connectivity index (χ2v) is 25.2. The van der Waals surface area contributed by atoms with Crippen molar-refractivity contribution < 1.29 is 32.9 Å². The summed E-state index contributed by atoms with van der Waals surface area (Å²) in [6.07, 6.45) is 83.0. The average Bonchev–Trinajstić information content (AvgIpc) is 3.41. The molecule has 1 amide bonds. The van der Waals surface area contributed by atoms with Gasteiger partial charge in [-0.05, 0) is 83.5 Å². The molecule has 0 aromatic heterocycles. The standard InChI is InChI=1S/C69H129N2O6P/c1-6-8-10-12-14-16-18-20-22-24-26-28-30-31-32-33-34-35-36-37-38-39-41-43-45-47-49-51-53-55-57-59-61-63-69(73)70-67(66-77-78(74,75)76-65-64-71(3,4)5)68(72)62-60-58-56-54-52-50-48-46-44-42-40-29-27-25-23-21-19-17-15-13-11-9-7-2/h18,20,24,26,30-31,44,46,52,54,60,62,67-68,72H,6-17,19,21-23,25,27-29,32-43,45,47-51,53,55-59,61,63-66H2,1-5H3,(H-,70,73,74,75)/b20-18-,26-24-,31-30-,46-44+,54-52+,62-60+. The minimum atomic E-state index is -4.62. The van der Waals surface area contributed by atoms with Crippen LogP contribution in [0.15, 0.2) is 72.9 Å². The fourth-order valence-corrected chi connectivity index (χ4v) is 10.4. The van der Waals surface area contributed by atoms with Crippen molar-refractivity contribution >= 4 is 13.7 Å². The van der Waals surface area contributed by atoms with Crippen LogP contribution in [0.5, 0.6) is 0 Å². The van der Waals surface area contributed by atoms with Gasteiger partial charge in [0.1, 0.15) is 13.2 Å². The molecule has 0 aromatic rings. The van der Waals surface area contributed by atoms with Gasteiger partial charge in [0.15, 0.2) is 0 Å². The summed E-state index contributed by atoms with van der Waals surface area (Å²) < 4.78 is 23.4. The highest BCUT2D eigenvalue weighted by molar-refractivity contribution is 7.45. The third kappa shape index (κ3) is 61.6. The number of carbonyl (C=O) groups excluding carboxylic acids is 1. The van der Waals surface area contributed by atoms with Gasteiger partial charge in [-0.25, -0.2) is 0 Å². The topological polar surface area (TPSA) is 108 Å². The lowest BCUT2D eigenvalue weighted by Gasteiger charge is -2.29. The highest BCUT2D eigenvalue weighted by Crippen LogP contribution is 2.38. The second-order valence-electron chi connectivity index (χ2n) is 23.8. The maximum Gasteiger partial charge on any atom is 0.268 e. The van der Waals surface area contributed by atoms with Crippen molar-refractivity contribution in [2.24, 2.45) is 0 Å². The first-order valence-electron chi connectivity index (χ1n) is 33.3. The number of aliphatic hydroxyl groups excluding tert-OH is 1. The van der Waals surface area contributed by atoms with Gasteiger partial charge in [-0.2, -0.15) is 0 Å². The maximum atomic E-state index is 13.0. The molecule has 0 saturated carbocycles. The highest BCUT2D eigenvalue weighted by atomic mass is 31.2. The Kier molecular flexibility index (Phi) is 58.0. The predicted octanol–water partition coefficient (Wildman–Crippen LogP) is 20.4. The summed E-state index contributed by atoms with van der Waals surface area (Å²) in [5.74, 6) is -0.209. The van der Waals surface area contributed by atoms with E-state index in [0.29, 0.717) is 17.4 Å². The van der Waals surface area contributed by atoms with Crippen LogP contribution in [-0.2, 0) is 18.4 Å². The number of rotatable bonds is 61. The number of hydrogen-bond acceptors (Lipinski definition) is 6. The van der Waals surface area contributed by atoms with Crippen LogP contribution >= 0.6 is 7.82 Å². The van der Waals surface area contributed by atoms with Crippen LogP contribution in [-0.4, -0.2) is 68.5 Å². The zero-order chi connectivity index (χ0) is 57.0. The number of allylic oxidation sites excluding steroid dienone is 11. The first kappa shape index (κ1) is 75.9. The third-order valence-corrected chi connectivity index (χ3v) is 15.8. The Bertz CT molecular complexity index is 1500. The van der Waals surface area contributed by atoms with Crippen molar-refractivity contribution in [2.75, 3.05) is 40.9 Å². The van der Waals surface area contributed by atoms with E-state index in [4.69, 9.17) is 9.05 Å². The molecule has 0 bridgehead atoms. The van der Waals surface area contributed by atoms with Crippen molar-refractivity contribution in [1.29, 1.82) is 0 Å². The van der Waals surface area contributed by atoms with E-state index in [0.717, 1.165) is 57.8 Å². The van der Waals surface area contributed by atoms with Gasteiger partial charge in [0.25, 0.3) is 7.82 Å². The maximum absolute atomic E-state index is 13.0. The van der Waals surface area contributed by atoms with Crippen molar-refractivity contribution in [2.45, 2.75) is 321 Å². The molecular weight excluding hydrogens is 984 g/mol. The lowest BCUT2D eigenvalue weighted by atomic mass is 10.0. The van der Waals surface area contributed by atoms with E-state index in [2.05, 4.69) is 79.9 Å². The Labute approximate surface area is 484 Å². The Balaban J connectivity index is 4.13. The number of quaternary nitrogens is 1. The summed E-state index contributed by atoms with van der Waals surface area (Å²) in [7, 11) is 1.24. The van der Waals surface area contributed by atoms with Gasteiger partial charge in [0.05, 0.1) is 39.9 Å². The number of nitrogens with one attached hydrogen (secondary N) is 1. The molecule has 0 aliphatic heterocycles. The van der Waals surface area contributed by atoms with Crippen molar-refractivity contribution in [3.63, 3.8) is 0 Å². The fraction of sp³-hybridized carbons (Fsp3) is 0.812. The minimum Gasteiger partial charge on any atom is -0.756 e. The number of likely N-dealkylation sites (N-methyl/N-ethyl adjacent to an activating group) is 1. The lowest BCUT2D eigenvalue weighted by molar-refractivity contribution is -0.870. The van der Waals surface area contributed by atoms with Gasteiger partial charge in [-0.3, -0.25) is 9.36 Å². The van der Waals surface area contributed by atoms with Crippen LogP contribution < -0.4 is 10.2 Å². The average molecular weight is 1110 g/mol. The quantitative estimate of drug-likeness (QED) is 0.0272. The molecule has 9 heteroatoms. The predicted molar refractivity (Wildman–Crippen MR) is 339 cm³/mol. The first-order chi connectivity index (χ1) is 38.0. The molecule has 0 rings (SSSR count). The fourth-order valence-electron chi connectivity index (χ4n) is 9.67. The molecule has 456 valence electrons. The van der Waals surface area contributed by atoms with Crippen LogP contribution in [0.2, 0.25) is 0 Å². The summed E-state index contributed by atoms with van der Waals surface area (Å²) in [6.45, 7) is 4.64. The van der Waals surface area contributed by atoms with E-state index in [9.17, 15) is 19.4 Å². The van der Waals surface area contributed by atoms with Gasteiger partial charge in [0, 0.05) is 6.42 Å². The third-order valence-electron chi connectivity index (χ3n) is 14.9.